The molecule has 0 spiro atoms. The SMILES string of the molecule is Cc1cc2occ(CC(=O)OCC(=O)N(C)Cc3ccco3)c2cc1C. The lowest BCUT2D eigenvalue weighted by Gasteiger charge is -2.15. The predicted octanol–water partition coefficient (Wildman–Crippen LogP) is 3.39. The van der Waals surface area contributed by atoms with Gasteiger partial charge in [-0.05, 0) is 49.2 Å². The van der Waals surface area contributed by atoms with Gasteiger partial charge in [0, 0.05) is 18.0 Å². The van der Waals surface area contributed by atoms with Crippen molar-refractivity contribution in [2.24, 2.45) is 0 Å². The second-order valence-electron chi connectivity index (χ2n) is 6.36. The number of fused-ring (bicyclic) bond motifs is 1. The summed E-state index contributed by atoms with van der Waals surface area (Å²) in [6, 6.07) is 7.49. The average Bonchev–Trinajstić information content (AvgIpc) is 3.24. The molecule has 3 rings (SSSR count). The minimum atomic E-state index is -0.467. The van der Waals surface area contributed by atoms with Crippen molar-refractivity contribution in [2.45, 2.75) is 26.8 Å². The van der Waals surface area contributed by atoms with Crippen LogP contribution in [-0.4, -0.2) is 30.4 Å². The first kappa shape index (κ1) is 17.8. The van der Waals surface area contributed by atoms with Gasteiger partial charge in [-0.25, -0.2) is 0 Å². The summed E-state index contributed by atoms with van der Waals surface area (Å²) in [5.41, 5.74) is 3.75. The molecule has 0 aliphatic rings. The molecule has 2 heterocycles. The van der Waals surface area contributed by atoms with Crippen molar-refractivity contribution in [1.82, 2.24) is 4.90 Å². The number of benzene rings is 1. The van der Waals surface area contributed by atoms with Crippen LogP contribution in [0.5, 0.6) is 0 Å². The molecule has 26 heavy (non-hydrogen) atoms. The van der Waals surface area contributed by atoms with E-state index in [1.807, 2.05) is 26.0 Å². The van der Waals surface area contributed by atoms with E-state index < -0.39 is 5.97 Å². The maximum Gasteiger partial charge on any atom is 0.310 e. The summed E-state index contributed by atoms with van der Waals surface area (Å²) in [6.45, 7) is 4.05. The lowest BCUT2D eigenvalue weighted by atomic mass is 10.0. The number of furan rings is 2. The number of amides is 1. The molecule has 0 atom stereocenters. The van der Waals surface area contributed by atoms with Crippen molar-refractivity contribution in [1.29, 1.82) is 0 Å². The molecule has 6 heteroatoms. The van der Waals surface area contributed by atoms with Gasteiger partial charge in [0.05, 0.1) is 25.5 Å². The fourth-order valence-corrected chi connectivity index (χ4v) is 2.66. The van der Waals surface area contributed by atoms with E-state index in [0.717, 1.165) is 27.7 Å². The molecule has 0 radical (unpaired) electrons. The van der Waals surface area contributed by atoms with Crippen LogP contribution in [0.3, 0.4) is 0 Å². The van der Waals surface area contributed by atoms with Gasteiger partial charge in [-0.2, -0.15) is 0 Å². The molecule has 0 aliphatic carbocycles. The molecule has 0 fully saturated rings. The van der Waals surface area contributed by atoms with E-state index in [1.165, 1.54) is 4.90 Å². The van der Waals surface area contributed by atoms with Gasteiger partial charge < -0.3 is 18.5 Å². The molecule has 1 aromatic carbocycles. The minimum Gasteiger partial charge on any atom is -0.467 e. The molecule has 0 bridgehead atoms. The van der Waals surface area contributed by atoms with E-state index >= 15 is 0 Å². The fourth-order valence-electron chi connectivity index (χ4n) is 2.66. The van der Waals surface area contributed by atoms with E-state index in [0.29, 0.717) is 12.3 Å². The quantitative estimate of drug-likeness (QED) is 0.634. The van der Waals surface area contributed by atoms with E-state index in [-0.39, 0.29) is 18.9 Å². The van der Waals surface area contributed by atoms with Crippen molar-refractivity contribution >= 4 is 22.8 Å². The lowest BCUT2D eigenvalue weighted by molar-refractivity contribution is -0.151. The molecule has 0 saturated carbocycles. The van der Waals surface area contributed by atoms with Crippen LogP contribution in [0.4, 0.5) is 0 Å². The number of ether oxygens (including phenoxy) is 1. The normalized spacial score (nSPS) is 10.9. The number of nitrogens with zero attached hydrogens (tertiary/aromatic N) is 1. The highest BCUT2D eigenvalue weighted by Crippen LogP contribution is 2.25. The fraction of sp³-hybridized carbons (Fsp3) is 0.300. The van der Waals surface area contributed by atoms with Crippen molar-refractivity contribution in [2.75, 3.05) is 13.7 Å². The van der Waals surface area contributed by atoms with Gasteiger partial charge in [-0.3, -0.25) is 9.59 Å². The highest BCUT2D eigenvalue weighted by molar-refractivity contribution is 5.87. The zero-order chi connectivity index (χ0) is 18.7. The number of rotatable bonds is 6. The smallest absolute Gasteiger partial charge is 0.310 e. The third-order valence-electron chi connectivity index (χ3n) is 4.36. The summed E-state index contributed by atoms with van der Waals surface area (Å²) in [6.07, 6.45) is 3.17. The molecular formula is C20H21NO5. The van der Waals surface area contributed by atoms with Crippen LogP contribution >= 0.6 is 0 Å². The van der Waals surface area contributed by atoms with E-state index in [9.17, 15) is 9.59 Å². The first-order valence-corrected chi connectivity index (χ1v) is 8.33. The van der Waals surface area contributed by atoms with Gasteiger partial charge in [-0.15, -0.1) is 0 Å². The highest BCUT2D eigenvalue weighted by Gasteiger charge is 2.16. The molecule has 6 nitrogen and oxygen atoms in total. The molecule has 0 N–H and O–H groups in total. The van der Waals surface area contributed by atoms with Crippen molar-refractivity contribution in [3.05, 3.63) is 59.2 Å². The van der Waals surface area contributed by atoms with E-state index in [4.69, 9.17) is 13.6 Å². The van der Waals surface area contributed by atoms with Gasteiger partial charge in [0.1, 0.15) is 11.3 Å². The Bertz CT molecular complexity index is 923. The number of hydrogen-bond donors (Lipinski definition) is 0. The Hall–Kier alpha value is -3.02. The summed E-state index contributed by atoms with van der Waals surface area (Å²) in [5.74, 6) is -0.0911. The van der Waals surface area contributed by atoms with Gasteiger partial charge in [0.15, 0.2) is 6.61 Å². The molecule has 0 unspecified atom stereocenters. The zero-order valence-corrected chi connectivity index (χ0v) is 15.1. The maximum absolute atomic E-state index is 12.1. The van der Waals surface area contributed by atoms with Crippen LogP contribution in [0.1, 0.15) is 22.5 Å². The van der Waals surface area contributed by atoms with Crippen molar-refractivity contribution < 1.29 is 23.2 Å². The topological polar surface area (TPSA) is 72.9 Å². The van der Waals surface area contributed by atoms with Crippen LogP contribution < -0.4 is 0 Å². The predicted molar refractivity (Wildman–Crippen MR) is 95.5 cm³/mol. The number of esters is 1. The largest absolute Gasteiger partial charge is 0.467 e. The van der Waals surface area contributed by atoms with E-state index in [2.05, 4.69) is 0 Å². The van der Waals surface area contributed by atoms with Gasteiger partial charge in [0.2, 0.25) is 0 Å². The number of aryl methyl sites for hydroxylation is 2. The second-order valence-corrected chi connectivity index (χ2v) is 6.36. The standard InChI is InChI=1S/C20H21NO5/c1-13-7-17-15(11-25-18(17)8-14(13)2)9-20(23)26-12-19(22)21(3)10-16-5-4-6-24-16/h4-8,11H,9-10,12H2,1-3H3. The Morgan fingerprint density at radius 1 is 1.15 bits per heavy atom. The molecule has 0 aliphatic heterocycles. The number of carbonyl (C=O) groups excluding carboxylic acids is 2. The maximum atomic E-state index is 12.1. The van der Waals surface area contributed by atoms with Crippen LogP contribution in [0.15, 0.2) is 45.6 Å². The summed E-state index contributed by atoms with van der Waals surface area (Å²) in [4.78, 5) is 25.6. The number of likely N-dealkylation sites (N-methyl/N-ethyl adjacent to an activating group) is 1. The molecular weight excluding hydrogens is 334 g/mol. The van der Waals surface area contributed by atoms with Crippen molar-refractivity contribution in [3.63, 3.8) is 0 Å². The Kier molecular flexibility index (Phi) is 5.11. The van der Waals surface area contributed by atoms with Gasteiger partial charge >= 0.3 is 5.97 Å². The summed E-state index contributed by atoms with van der Waals surface area (Å²) in [5, 5.41) is 0.895. The summed E-state index contributed by atoms with van der Waals surface area (Å²) < 4.78 is 15.8. The van der Waals surface area contributed by atoms with Crippen LogP contribution in [-0.2, 0) is 27.3 Å². The molecule has 136 valence electrons. The molecule has 2 aromatic heterocycles. The second kappa shape index (κ2) is 7.47. The van der Waals surface area contributed by atoms with Gasteiger partial charge in [0.25, 0.3) is 5.91 Å². The zero-order valence-electron chi connectivity index (χ0n) is 15.1. The third-order valence-corrected chi connectivity index (χ3v) is 4.36. The molecule has 3 aromatic rings. The van der Waals surface area contributed by atoms with Crippen LogP contribution in [0.25, 0.3) is 11.0 Å². The van der Waals surface area contributed by atoms with Gasteiger partial charge in [-0.1, -0.05) is 0 Å². The Morgan fingerprint density at radius 2 is 1.92 bits per heavy atom. The minimum absolute atomic E-state index is 0.0602. The summed E-state index contributed by atoms with van der Waals surface area (Å²) in [7, 11) is 1.63. The lowest BCUT2D eigenvalue weighted by Crippen LogP contribution is -2.30. The van der Waals surface area contributed by atoms with Crippen LogP contribution in [0, 0.1) is 13.8 Å². The van der Waals surface area contributed by atoms with E-state index in [1.54, 1.807) is 31.7 Å². The Labute approximate surface area is 151 Å². The van der Waals surface area contributed by atoms with Crippen molar-refractivity contribution in [3.8, 4) is 0 Å². The first-order chi connectivity index (χ1) is 12.4. The Balaban J connectivity index is 1.56. The Morgan fingerprint density at radius 3 is 2.65 bits per heavy atom. The first-order valence-electron chi connectivity index (χ1n) is 8.33. The third kappa shape index (κ3) is 3.96. The molecule has 1 amide bonds. The number of carbonyl (C=O) groups is 2. The number of hydrogen-bond acceptors (Lipinski definition) is 5. The highest BCUT2D eigenvalue weighted by atomic mass is 16.5. The van der Waals surface area contributed by atoms with Crippen LogP contribution in [0.2, 0.25) is 0 Å². The molecule has 0 saturated heterocycles. The summed E-state index contributed by atoms with van der Waals surface area (Å²) >= 11 is 0. The monoisotopic (exact) mass is 355 g/mol. The average molecular weight is 355 g/mol.